The van der Waals surface area contributed by atoms with Crippen LogP contribution >= 0.6 is 0 Å². The molecule has 2 saturated heterocycles. The van der Waals surface area contributed by atoms with Gasteiger partial charge in [0.15, 0.2) is 11.5 Å². The number of hydrogen-bond donors (Lipinski definition) is 2. The van der Waals surface area contributed by atoms with E-state index in [1.54, 1.807) is 18.2 Å². The van der Waals surface area contributed by atoms with Gasteiger partial charge in [-0.2, -0.15) is 0 Å². The Kier molecular flexibility index (Phi) is 4.97. The summed E-state index contributed by atoms with van der Waals surface area (Å²) in [5.74, 6) is 1.64. The van der Waals surface area contributed by atoms with Gasteiger partial charge in [0.25, 0.3) is 5.91 Å². The molecule has 2 amide bonds. The molecular weight excluding hydrogens is 334 g/mol. The maximum Gasteiger partial charge on any atom is 0.251 e. The van der Waals surface area contributed by atoms with E-state index in [9.17, 15) is 9.59 Å². The topological polar surface area (TPSA) is 79.9 Å². The van der Waals surface area contributed by atoms with Gasteiger partial charge >= 0.3 is 0 Å². The van der Waals surface area contributed by atoms with Crippen molar-refractivity contribution in [3.63, 3.8) is 0 Å². The van der Waals surface area contributed by atoms with Gasteiger partial charge in [-0.1, -0.05) is 0 Å². The van der Waals surface area contributed by atoms with E-state index in [4.69, 9.17) is 9.47 Å². The molecule has 7 heteroatoms. The van der Waals surface area contributed by atoms with Crippen LogP contribution < -0.4 is 20.1 Å². The van der Waals surface area contributed by atoms with Crippen LogP contribution in [-0.2, 0) is 4.79 Å². The zero-order chi connectivity index (χ0) is 17.9. The Morgan fingerprint density at radius 3 is 2.73 bits per heavy atom. The van der Waals surface area contributed by atoms with Crippen molar-refractivity contribution in [2.75, 3.05) is 39.4 Å². The van der Waals surface area contributed by atoms with Crippen molar-refractivity contribution in [2.45, 2.75) is 25.3 Å². The Hall–Kier alpha value is -2.28. The number of nitrogens with zero attached hydrogens (tertiary/aromatic N) is 1. The first-order chi connectivity index (χ1) is 12.7. The van der Waals surface area contributed by atoms with Crippen LogP contribution in [0.5, 0.6) is 11.5 Å². The number of nitrogens with one attached hydrogen (secondary N) is 2. The van der Waals surface area contributed by atoms with E-state index in [0.717, 1.165) is 38.9 Å². The number of likely N-dealkylation sites (tertiary alicyclic amines) is 1. The number of carbonyl (C=O) groups excluding carboxylic acids is 2. The summed E-state index contributed by atoms with van der Waals surface area (Å²) in [4.78, 5) is 26.8. The fourth-order valence-electron chi connectivity index (χ4n) is 3.83. The van der Waals surface area contributed by atoms with E-state index < -0.39 is 0 Å². The normalized spacial score (nSPS) is 24.5. The van der Waals surface area contributed by atoms with Crippen LogP contribution in [0, 0.1) is 5.92 Å². The van der Waals surface area contributed by atoms with Crippen LogP contribution in [0.25, 0.3) is 0 Å². The Balaban J connectivity index is 1.28. The predicted octanol–water partition coefficient (Wildman–Crippen LogP) is 0.788. The van der Waals surface area contributed by atoms with Gasteiger partial charge in [0, 0.05) is 31.7 Å². The highest BCUT2D eigenvalue weighted by atomic mass is 16.6. The summed E-state index contributed by atoms with van der Waals surface area (Å²) in [6, 6.07) is 5.13. The molecule has 26 heavy (non-hydrogen) atoms. The van der Waals surface area contributed by atoms with Gasteiger partial charge in [0.2, 0.25) is 5.91 Å². The highest BCUT2D eigenvalue weighted by Crippen LogP contribution is 2.30. The molecule has 3 aliphatic rings. The number of fused-ring (bicyclic) bond motifs is 1. The molecule has 1 aromatic rings. The molecule has 3 heterocycles. The molecule has 2 fully saturated rings. The molecule has 7 nitrogen and oxygen atoms in total. The van der Waals surface area contributed by atoms with Gasteiger partial charge in [0.1, 0.15) is 13.2 Å². The molecule has 0 unspecified atom stereocenters. The van der Waals surface area contributed by atoms with Gasteiger partial charge in [-0.3, -0.25) is 9.59 Å². The van der Waals surface area contributed by atoms with Crippen molar-refractivity contribution >= 4 is 11.8 Å². The largest absolute Gasteiger partial charge is 0.486 e. The van der Waals surface area contributed by atoms with Gasteiger partial charge in [-0.15, -0.1) is 0 Å². The molecule has 0 bridgehead atoms. The second-order valence-corrected chi connectivity index (χ2v) is 7.16. The molecule has 2 N–H and O–H groups in total. The Morgan fingerprint density at radius 2 is 1.92 bits per heavy atom. The summed E-state index contributed by atoms with van der Waals surface area (Å²) in [5, 5.41) is 6.29. The van der Waals surface area contributed by atoms with Crippen molar-refractivity contribution in [3.8, 4) is 11.5 Å². The predicted molar refractivity (Wildman–Crippen MR) is 95.5 cm³/mol. The molecular formula is C19H25N3O4. The van der Waals surface area contributed by atoms with Crippen LogP contribution in [0.15, 0.2) is 18.2 Å². The zero-order valence-electron chi connectivity index (χ0n) is 14.8. The number of carbonyl (C=O) groups is 2. The maximum atomic E-state index is 12.4. The van der Waals surface area contributed by atoms with E-state index >= 15 is 0 Å². The summed E-state index contributed by atoms with van der Waals surface area (Å²) in [6.45, 7) is 4.10. The molecule has 4 rings (SSSR count). The minimum absolute atomic E-state index is 0.107. The average Bonchev–Trinajstić information content (AvgIpc) is 3.37. The maximum absolute atomic E-state index is 12.4. The van der Waals surface area contributed by atoms with Crippen LogP contribution in [0.3, 0.4) is 0 Å². The fourth-order valence-corrected chi connectivity index (χ4v) is 3.83. The quantitative estimate of drug-likeness (QED) is 0.831. The molecule has 0 spiro atoms. The number of hydrogen-bond acceptors (Lipinski definition) is 5. The van der Waals surface area contributed by atoms with E-state index in [0.29, 0.717) is 36.8 Å². The first kappa shape index (κ1) is 17.1. The van der Waals surface area contributed by atoms with Crippen LogP contribution in [-0.4, -0.2) is 62.1 Å². The monoisotopic (exact) mass is 359 g/mol. The molecule has 0 saturated carbocycles. The molecule has 140 valence electrons. The van der Waals surface area contributed by atoms with Crippen molar-refractivity contribution in [1.29, 1.82) is 0 Å². The highest BCUT2D eigenvalue weighted by Gasteiger charge is 2.33. The van der Waals surface area contributed by atoms with E-state index in [1.807, 2.05) is 4.90 Å². The standard InChI is InChI=1S/C19H25N3O4/c23-18(14-3-4-16-17(10-14)26-8-7-25-16)21-12-13-9-15(20-11-13)19(24)22-5-1-2-6-22/h3-4,10,13,15,20H,1-2,5-9,11-12H2,(H,21,23)/t13-,15-/m0/s1. The van der Waals surface area contributed by atoms with E-state index in [-0.39, 0.29) is 23.8 Å². The first-order valence-corrected chi connectivity index (χ1v) is 9.41. The highest BCUT2D eigenvalue weighted by molar-refractivity contribution is 5.94. The Labute approximate surface area is 153 Å². The minimum Gasteiger partial charge on any atom is -0.486 e. The van der Waals surface area contributed by atoms with Crippen LogP contribution in [0.4, 0.5) is 0 Å². The van der Waals surface area contributed by atoms with Crippen molar-refractivity contribution < 1.29 is 19.1 Å². The van der Waals surface area contributed by atoms with Crippen LogP contribution in [0.1, 0.15) is 29.6 Å². The van der Waals surface area contributed by atoms with E-state index in [1.165, 1.54) is 0 Å². The van der Waals surface area contributed by atoms with Gasteiger partial charge in [-0.25, -0.2) is 0 Å². The lowest BCUT2D eigenvalue weighted by molar-refractivity contribution is -0.132. The fraction of sp³-hybridized carbons (Fsp3) is 0.579. The van der Waals surface area contributed by atoms with Crippen molar-refractivity contribution in [1.82, 2.24) is 15.5 Å². The number of rotatable bonds is 4. The third kappa shape index (κ3) is 3.62. The zero-order valence-corrected chi connectivity index (χ0v) is 14.8. The summed E-state index contributed by atoms with van der Waals surface area (Å²) in [6.07, 6.45) is 2.98. The lowest BCUT2D eigenvalue weighted by Gasteiger charge is -2.20. The second kappa shape index (κ2) is 7.53. The average molecular weight is 359 g/mol. The number of amides is 2. The Bertz CT molecular complexity index is 687. The molecule has 0 aliphatic carbocycles. The van der Waals surface area contributed by atoms with Crippen LogP contribution in [0.2, 0.25) is 0 Å². The second-order valence-electron chi connectivity index (χ2n) is 7.16. The Morgan fingerprint density at radius 1 is 1.15 bits per heavy atom. The van der Waals surface area contributed by atoms with Gasteiger partial charge in [-0.05, 0) is 43.4 Å². The van der Waals surface area contributed by atoms with Gasteiger partial charge in [0.05, 0.1) is 6.04 Å². The molecule has 0 aromatic heterocycles. The molecule has 0 radical (unpaired) electrons. The smallest absolute Gasteiger partial charge is 0.251 e. The summed E-state index contributed by atoms with van der Waals surface area (Å²) >= 11 is 0. The first-order valence-electron chi connectivity index (χ1n) is 9.41. The summed E-state index contributed by atoms with van der Waals surface area (Å²) in [5.41, 5.74) is 0.560. The SMILES string of the molecule is O=C(NC[C@@H]1CN[C@H](C(=O)N2CCCC2)C1)c1ccc2c(c1)OCCO2. The third-order valence-corrected chi connectivity index (χ3v) is 5.29. The summed E-state index contributed by atoms with van der Waals surface area (Å²) < 4.78 is 11.0. The van der Waals surface area contributed by atoms with E-state index in [2.05, 4.69) is 10.6 Å². The number of benzene rings is 1. The third-order valence-electron chi connectivity index (χ3n) is 5.29. The molecule has 2 atom stereocenters. The molecule has 3 aliphatic heterocycles. The lowest BCUT2D eigenvalue weighted by Crippen LogP contribution is -2.42. The number of ether oxygens (including phenoxy) is 2. The van der Waals surface area contributed by atoms with Crippen molar-refractivity contribution in [3.05, 3.63) is 23.8 Å². The minimum atomic E-state index is -0.128. The molecule has 1 aromatic carbocycles. The summed E-state index contributed by atoms with van der Waals surface area (Å²) in [7, 11) is 0. The van der Waals surface area contributed by atoms with Gasteiger partial charge < -0.3 is 25.0 Å². The van der Waals surface area contributed by atoms with Crippen molar-refractivity contribution in [2.24, 2.45) is 5.92 Å². The lowest BCUT2D eigenvalue weighted by atomic mass is 10.0.